The van der Waals surface area contributed by atoms with Gasteiger partial charge in [0.15, 0.2) is 5.13 Å². The maximum Gasteiger partial charge on any atom is 0.185 e. The Bertz CT molecular complexity index is 468. The Morgan fingerprint density at radius 2 is 2.05 bits per heavy atom. The first-order valence-electron chi connectivity index (χ1n) is 7.93. The minimum Gasteiger partial charge on any atom is -0.388 e. The third-order valence-electron chi connectivity index (χ3n) is 4.42. The molecule has 0 spiro atoms. The number of aromatic nitrogens is 1. The summed E-state index contributed by atoms with van der Waals surface area (Å²) in [7, 11) is 4.25. The predicted octanol–water partition coefficient (Wildman–Crippen LogP) is 1.20. The molecule has 1 aliphatic heterocycles. The van der Waals surface area contributed by atoms with Crippen molar-refractivity contribution in [2.45, 2.75) is 25.4 Å². The second-order valence-electron chi connectivity index (χ2n) is 6.35. The van der Waals surface area contributed by atoms with Crippen LogP contribution >= 0.6 is 11.3 Å². The fourth-order valence-electron chi connectivity index (χ4n) is 3.02. The molecule has 6 heteroatoms. The van der Waals surface area contributed by atoms with E-state index in [1.165, 1.54) is 0 Å². The molecule has 0 radical (unpaired) electrons. The van der Waals surface area contributed by atoms with Gasteiger partial charge in [-0.3, -0.25) is 4.90 Å². The van der Waals surface area contributed by atoms with Gasteiger partial charge < -0.3 is 14.9 Å². The van der Waals surface area contributed by atoms with Crippen LogP contribution in [-0.2, 0) is 6.42 Å². The van der Waals surface area contributed by atoms with E-state index in [1.807, 2.05) is 0 Å². The summed E-state index contributed by atoms with van der Waals surface area (Å²) in [6, 6.07) is 0. The summed E-state index contributed by atoms with van der Waals surface area (Å²) in [5.74, 6) is 0. The summed E-state index contributed by atoms with van der Waals surface area (Å²) in [4.78, 5) is 13.1. The molecular weight excluding hydrogens is 284 g/mol. The molecule has 1 aliphatic carbocycles. The number of aryl methyl sites for hydroxylation is 1. The van der Waals surface area contributed by atoms with Crippen LogP contribution in [0.4, 0.5) is 5.13 Å². The summed E-state index contributed by atoms with van der Waals surface area (Å²) in [5, 5.41) is 11.2. The van der Waals surface area contributed by atoms with E-state index in [0.29, 0.717) is 0 Å². The van der Waals surface area contributed by atoms with Crippen molar-refractivity contribution in [2.24, 2.45) is 0 Å². The molecule has 1 N–H and O–H groups in total. The van der Waals surface area contributed by atoms with Gasteiger partial charge in [-0.2, -0.15) is 0 Å². The van der Waals surface area contributed by atoms with Crippen LogP contribution in [0.15, 0.2) is 0 Å². The summed E-state index contributed by atoms with van der Waals surface area (Å²) in [6.07, 6.45) is 2.72. The Labute approximate surface area is 131 Å². The van der Waals surface area contributed by atoms with Gasteiger partial charge in [0.2, 0.25) is 0 Å². The fraction of sp³-hybridized carbons (Fsp3) is 0.800. The molecule has 1 unspecified atom stereocenters. The molecule has 2 heterocycles. The standard InChI is InChI=1S/C15H26N4OS/c1-17(2)6-7-18-8-10-19(11-9-18)15-16-12-4-3-5-13(20)14(12)21-15/h13,20H,3-11H2,1-2H3. The number of nitrogens with zero attached hydrogens (tertiary/aromatic N) is 4. The second kappa shape index (κ2) is 6.60. The molecule has 2 aliphatic rings. The normalized spacial score (nSPS) is 23.6. The number of likely N-dealkylation sites (N-methyl/N-ethyl adjacent to an activating group) is 1. The van der Waals surface area contributed by atoms with Crippen LogP contribution in [-0.4, -0.2) is 73.3 Å². The Morgan fingerprint density at radius 1 is 1.29 bits per heavy atom. The van der Waals surface area contributed by atoms with Crippen LogP contribution in [0.2, 0.25) is 0 Å². The molecule has 0 saturated carbocycles. The SMILES string of the molecule is CN(C)CCN1CCN(c2nc3c(s2)C(O)CCC3)CC1. The molecule has 1 atom stereocenters. The van der Waals surface area contributed by atoms with Gasteiger partial charge in [0.05, 0.1) is 16.7 Å². The maximum atomic E-state index is 10.1. The lowest BCUT2D eigenvalue weighted by Crippen LogP contribution is -2.48. The monoisotopic (exact) mass is 310 g/mol. The minimum atomic E-state index is -0.276. The lowest BCUT2D eigenvalue weighted by Gasteiger charge is -2.35. The second-order valence-corrected chi connectivity index (χ2v) is 7.36. The van der Waals surface area contributed by atoms with Crippen molar-refractivity contribution in [3.63, 3.8) is 0 Å². The highest BCUT2D eigenvalue weighted by atomic mass is 32.1. The molecule has 0 aromatic carbocycles. The van der Waals surface area contributed by atoms with Crippen molar-refractivity contribution in [1.82, 2.24) is 14.8 Å². The van der Waals surface area contributed by atoms with E-state index >= 15 is 0 Å². The van der Waals surface area contributed by atoms with Crippen LogP contribution in [0.3, 0.4) is 0 Å². The smallest absolute Gasteiger partial charge is 0.185 e. The molecule has 1 saturated heterocycles. The molecule has 118 valence electrons. The molecule has 1 aromatic rings. The van der Waals surface area contributed by atoms with E-state index in [0.717, 1.165) is 74.2 Å². The van der Waals surface area contributed by atoms with Crippen molar-refractivity contribution < 1.29 is 5.11 Å². The predicted molar refractivity (Wildman–Crippen MR) is 87.2 cm³/mol. The van der Waals surface area contributed by atoms with E-state index in [-0.39, 0.29) is 6.10 Å². The van der Waals surface area contributed by atoms with Crippen LogP contribution < -0.4 is 4.90 Å². The van der Waals surface area contributed by atoms with Gasteiger partial charge >= 0.3 is 0 Å². The molecule has 5 nitrogen and oxygen atoms in total. The summed E-state index contributed by atoms with van der Waals surface area (Å²) in [5.41, 5.74) is 1.14. The number of hydrogen-bond acceptors (Lipinski definition) is 6. The average Bonchev–Trinajstić information content (AvgIpc) is 2.91. The number of aliphatic hydroxyl groups is 1. The number of thiazole rings is 1. The maximum absolute atomic E-state index is 10.1. The van der Waals surface area contributed by atoms with Crippen molar-refractivity contribution in [2.75, 3.05) is 58.3 Å². The van der Waals surface area contributed by atoms with E-state index in [2.05, 4.69) is 28.8 Å². The highest BCUT2D eigenvalue weighted by molar-refractivity contribution is 7.15. The van der Waals surface area contributed by atoms with Crippen LogP contribution in [0.1, 0.15) is 29.5 Å². The number of piperazine rings is 1. The Balaban J connectivity index is 1.57. The quantitative estimate of drug-likeness (QED) is 0.905. The molecule has 21 heavy (non-hydrogen) atoms. The van der Waals surface area contributed by atoms with Gasteiger partial charge in [-0.05, 0) is 33.4 Å². The van der Waals surface area contributed by atoms with E-state index < -0.39 is 0 Å². The zero-order valence-corrected chi connectivity index (χ0v) is 13.9. The largest absolute Gasteiger partial charge is 0.388 e. The number of hydrogen-bond donors (Lipinski definition) is 1. The van der Waals surface area contributed by atoms with Gasteiger partial charge in [0, 0.05) is 39.3 Å². The average molecular weight is 310 g/mol. The first-order valence-corrected chi connectivity index (χ1v) is 8.75. The van der Waals surface area contributed by atoms with Crippen molar-refractivity contribution in [3.8, 4) is 0 Å². The van der Waals surface area contributed by atoms with Crippen LogP contribution in [0, 0.1) is 0 Å². The Hall–Kier alpha value is -0.690. The van der Waals surface area contributed by atoms with Crippen molar-refractivity contribution >= 4 is 16.5 Å². The fourth-order valence-corrected chi connectivity index (χ4v) is 4.21. The third-order valence-corrected chi connectivity index (χ3v) is 5.68. The zero-order valence-electron chi connectivity index (χ0n) is 13.1. The molecule has 1 aromatic heterocycles. The third kappa shape index (κ3) is 3.56. The van der Waals surface area contributed by atoms with Gasteiger partial charge in [0.25, 0.3) is 0 Å². The van der Waals surface area contributed by atoms with Crippen LogP contribution in [0.5, 0.6) is 0 Å². The highest BCUT2D eigenvalue weighted by Crippen LogP contribution is 2.37. The first-order chi connectivity index (χ1) is 10.1. The van der Waals surface area contributed by atoms with Crippen LogP contribution in [0.25, 0.3) is 0 Å². The van der Waals surface area contributed by atoms with E-state index in [1.54, 1.807) is 11.3 Å². The molecule has 3 rings (SSSR count). The summed E-state index contributed by atoms with van der Waals surface area (Å²) < 4.78 is 0. The molecule has 0 bridgehead atoms. The lowest BCUT2D eigenvalue weighted by atomic mass is 10.0. The zero-order chi connectivity index (χ0) is 14.8. The molecule has 0 amide bonds. The van der Waals surface area contributed by atoms with Crippen molar-refractivity contribution in [3.05, 3.63) is 10.6 Å². The lowest BCUT2D eigenvalue weighted by molar-refractivity contribution is 0.160. The molecular formula is C15H26N4OS. The summed E-state index contributed by atoms with van der Waals surface area (Å²) >= 11 is 1.71. The highest BCUT2D eigenvalue weighted by Gasteiger charge is 2.26. The van der Waals surface area contributed by atoms with Gasteiger partial charge in [-0.15, -0.1) is 0 Å². The van der Waals surface area contributed by atoms with E-state index in [4.69, 9.17) is 4.98 Å². The van der Waals surface area contributed by atoms with E-state index in [9.17, 15) is 5.11 Å². The van der Waals surface area contributed by atoms with Gasteiger partial charge in [0.1, 0.15) is 0 Å². The number of aliphatic hydroxyl groups excluding tert-OH is 1. The number of anilines is 1. The van der Waals surface area contributed by atoms with Gasteiger partial charge in [-0.1, -0.05) is 11.3 Å². The van der Waals surface area contributed by atoms with Gasteiger partial charge in [-0.25, -0.2) is 4.98 Å². The topological polar surface area (TPSA) is 42.8 Å². The van der Waals surface area contributed by atoms with Crippen molar-refractivity contribution in [1.29, 1.82) is 0 Å². The number of fused-ring (bicyclic) bond motifs is 1. The Kier molecular flexibility index (Phi) is 4.78. The Morgan fingerprint density at radius 3 is 2.71 bits per heavy atom. The summed E-state index contributed by atoms with van der Waals surface area (Å²) in [6.45, 7) is 6.60. The number of rotatable bonds is 4. The first kappa shape index (κ1) is 15.2. The minimum absolute atomic E-state index is 0.276. The molecule has 1 fully saturated rings.